The summed E-state index contributed by atoms with van der Waals surface area (Å²) in [5.41, 5.74) is 1.40. The summed E-state index contributed by atoms with van der Waals surface area (Å²) in [6, 6.07) is 2.33. The van der Waals surface area contributed by atoms with Crippen molar-refractivity contribution in [2.45, 2.75) is 45.1 Å². The molecule has 0 radical (unpaired) electrons. The van der Waals surface area contributed by atoms with Gasteiger partial charge in [-0.05, 0) is 43.7 Å². The molecule has 2 rings (SSSR count). The van der Waals surface area contributed by atoms with Gasteiger partial charge in [0.25, 0.3) is 5.91 Å². The number of thiophene rings is 1. The van der Waals surface area contributed by atoms with Crippen LogP contribution in [0.4, 0.5) is 0 Å². The molecule has 0 aromatic carbocycles. The number of halogens is 1. The van der Waals surface area contributed by atoms with E-state index in [1.807, 2.05) is 0 Å². The molecule has 1 aromatic rings. The van der Waals surface area contributed by atoms with Gasteiger partial charge in [-0.15, -0.1) is 11.3 Å². The Morgan fingerprint density at radius 2 is 2.29 bits per heavy atom. The molecule has 94 valence electrons. The topological polar surface area (TPSA) is 29.1 Å². The van der Waals surface area contributed by atoms with Gasteiger partial charge in [0.15, 0.2) is 0 Å². The van der Waals surface area contributed by atoms with Crippen molar-refractivity contribution < 1.29 is 4.79 Å². The van der Waals surface area contributed by atoms with Gasteiger partial charge in [0.05, 0.1) is 4.88 Å². The number of hydrogen-bond donors (Lipinski definition) is 1. The first-order valence-electron chi connectivity index (χ1n) is 6.23. The molecule has 1 unspecified atom stereocenters. The van der Waals surface area contributed by atoms with Gasteiger partial charge in [-0.1, -0.05) is 22.9 Å². The van der Waals surface area contributed by atoms with E-state index in [-0.39, 0.29) is 11.9 Å². The van der Waals surface area contributed by atoms with Crippen LogP contribution in [0.2, 0.25) is 0 Å². The SMILES string of the molecule is CCC(CBr)NC(=O)c1cc2c(s1)CCCC2. The number of aryl methyl sites for hydroxylation is 2. The summed E-state index contributed by atoms with van der Waals surface area (Å²) in [4.78, 5) is 14.4. The van der Waals surface area contributed by atoms with Gasteiger partial charge in [-0.3, -0.25) is 4.79 Å². The van der Waals surface area contributed by atoms with Crippen LogP contribution in [-0.2, 0) is 12.8 Å². The van der Waals surface area contributed by atoms with Crippen LogP contribution in [-0.4, -0.2) is 17.3 Å². The first kappa shape index (κ1) is 13.1. The molecule has 1 aliphatic rings. The van der Waals surface area contributed by atoms with Crippen LogP contribution in [0.15, 0.2) is 6.07 Å². The van der Waals surface area contributed by atoms with Gasteiger partial charge in [-0.25, -0.2) is 0 Å². The van der Waals surface area contributed by atoms with Gasteiger partial charge in [0.2, 0.25) is 0 Å². The van der Waals surface area contributed by atoms with Crippen LogP contribution in [0.3, 0.4) is 0 Å². The van der Waals surface area contributed by atoms with Crippen LogP contribution in [0.1, 0.15) is 46.3 Å². The van der Waals surface area contributed by atoms with Crippen LogP contribution < -0.4 is 5.32 Å². The molecule has 1 aromatic heterocycles. The van der Waals surface area contributed by atoms with Gasteiger partial charge in [-0.2, -0.15) is 0 Å². The van der Waals surface area contributed by atoms with Gasteiger partial charge in [0.1, 0.15) is 0 Å². The second-order valence-corrected chi connectivity index (χ2v) is 6.28. The lowest BCUT2D eigenvalue weighted by Gasteiger charge is -2.12. The Kier molecular flexibility index (Phi) is 4.62. The van der Waals surface area contributed by atoms with Crippen molar-refractivity contribution in [2.75, 3.05) is 5.33 Å². The second kappa shape index (κ2) is 6.01. The fourth-order valence-electron chi connectivity index (χ4n) is 2.11. The Morgan fingerprint density at radius 1 is 1.53 bits per heavy atom. The van der Waals surface area contributed by atoms with Gasteiger partial charge >= 0.3 is 0 Å². The summed E-state index contributed by atoms with van der Waals surface area (Å²) in [7, 11) is 0. The number of fused-ring (bicyclic) bond motifs is 1. The molecule has 0 spiro atoms. The normalized spacial score (nSPS) is 16.4. The lowest BCUT2D eigenvalue weighted by Crippen LogP contribution is -2.35. The van der Waals surface area contributed by atoms with Crippen LogP contribution >= 0.6 is 27.3 Å². The van der Waals surface area contributed by atoms with E-state index >= 15 is 0 Å². The predicted octanol–water partition coefficient (Wildman–Crippen LogP) is 3.53. The molecule has 0 fully saturated rings. The van der Waals surface area contributed by atoms with Crippen molar-refractivity contribution in [1.29, 1.82) is 0 Å². The molecule has 1 N–H and O–H groups in total. The van der Waals surface area contributed by atoms with Gasteiger partial charge < -0.3 is 5.32 Å². The molecule has 1 amide bonds. The standard InChI is InChI=1S/C13H18BrNOS/c1-2-10(8-14)15-13(16)12-7-9-5-3-4-6-11(9)17-12/h7,10H,2-6,8H2,1H3,(H,15,16). The lowest BCUT2D eigenvalue weighted by molar-refractivity contribution is 0.0944. The molecule has 1 atom stereocenters. The highest BCUT2D eigenvalue weighted by atomic mass is 79.9. The van der Waals surface area contributed by atoms with Crippen LogP contribution in [0.5, 0.6) is 0 Å². The first-order valence-corrected chi connectivity index (χ1v) is 8.16. The van der Waals surface area contributed by atoms with Crippen LogP contribution in [0, 0.1) is 0 Å². The quantitative estimate of drug-likeness (QED) is 0.846. The summed E-state index contributed by atoms with van der Waals surface area (Å²) in [6.07, 6.45) is 5.80. The van der Waals surface area contributed by atoms with E-state index in [0.717, 1.165) is 29.5 Å². The van der Waals surface area contributed by atoms with E-state index in [4.69, 9.17) is 0 Å². The summed E-state index contributed by atoms with van der Waals surface area (Å²) < 4.78 is 0. The monoisotopic (exact) mass is 315 g/mol. The highest BCUT2D eigenvalue weighted by molar-refractivity contribution is 9.09. The molecule has 1 aliphatic carbocycles. The van der Waals surface area contributed by atoms with E-state index in [1.54, 1.807) is 11.3 Å². The van der Waals surface area contributed by atoms with Crippen molar-refractivity contribution in [2.24, 2.45) is 0 Å². The fourth-order valence-corrected chi connectivity index (χ4v) is 3.89. The molecule has 4 heteroatoms. The maximum atomic E-state index is 12.1. The van der Waals surface area contributed by atoms with E-state index in [2.05, 4.69) is 34.2 Å². The van der Waals surface area contributed by atoms with E-state index < -0.39 is 0 Å². The molecule has 0 aliphatic heterocycles. The number of hydrogen-bond acceptors (Lipinski definition) is 2. The second-order valence-electron chi connectivity index (χ2n) is 4.50. The third-order valence-corrected chi connectivity index (χ3v) is 5.25. The maximum absolute atomic E-state index is 12.1. The average molecular weight is 316 g/mol. The van der Waals surface area contributed by atoms with E-state index in [9.17, 15) is 4.79 Å². The zero-order valence-corrected chi connectivity index (χ0v) is 12.5. The molecule has 1 heterocycles. The van der Waals surface area contributed by atoms with Gasteiger partial charge in [0, 0.05) is 16.2 Å². The Bertz CT molecular complexity index is 375. The van der Waals surface area contributed by atoms with E-state index in [1.165, 1.54) is 23.3 Å². The largest absolute Gasteiger partial charge is 0.348 e. The highest BCUT2D eigenvalue weighted by Crippen LogP contribution is 2.29. The third kappa shape index (κ3) is 3.10. The number of rotatable bonds is 4. The molecule has 0 bridgehead atoms. The third-order valence-electron chi connectivity index (χ3n) is 3.23. The fraction of sp³-hybridized carbons (Fsp3) is 0.615. The Labute approximate surface area is 115 Å². The highest BCUT2D eigenvalue weighted by Gasteiger charge is 2.18. The Hall–Kier alpha value is -0.350. The number of nitrogens with one attached hydrogen (secondary N) is 1. The molecule has 0 saturated carbocycles. The zero-order valence-electron chi connectivity index (χ0n) is 10.1. The van der Waals surface area contributed by atoms with Crippen molar-refractivity contribution in [3.8, 4) is 0 Å². The van der Waals surface area contributed by atoms with Crippen molar-refractivity contribution in [1.82, 2.24) is 5.32 Å². The smallest absolute Gasteiger partial charge is 0.261 e. The summed E-state index contributed by atoms with van der Waals surface area (Å²) >= 11 is 5.10. The number of alkyl halides is 1. The minimum absolute atomic E-state index is 0.0932. The zero-order chi connectivity index (χ0) is 12.3. The van der Waals surface area contributed by atoms with E-state index in [0.29, 0.717) is 0 Å². The maximum Gasteiger partial charge on any atom is 0.261 e. The minimum atomic E-state index is 0.0932. The van der Waals surface area contributed by atoms with Crippen LogP contribution in [0.25, 0.3) is 0 Å². The number of carbonyl (C=O) groups is 1. The Balaban J connectivity index is 2.06. The molecule has 0 saturated heterocycles. The van der Waals surface area contributed by atoms with Crippen molar-refractivity contribution >= 4 is 33.2 Å². The lowest BCUT2D eigenvalue weighted by atomic mass is 9.99. The molecular formula is C13H18BrNOS. The first-order chi connectivity index (χ1) is 8.24. The number of carbonyl (C=O) groups excluding carboxylic acids is 1. The number of amides is 1. The Morgan fingerprint density at radius 3 is 2.94 bits per heavy atom. The molecule has 17 heavy (non-hydrogen) atoms. The summed E-state index contributed by atoms with van der Waals surface area (Å²) in [6.45, 7) is 2.09. The average Bonchev–Trinajstić information content (AvgIpc) is 2.79. The predicted molar refractivity (Wildman–Crippen MR) is 76.3 cm³/mol. The van der Waals surface area contributed by atoms with Crippen molar-refractivity contribution in [3.05, 3.63) is 21.4 Å². The summed E-state index contributed by atoms with van der Waals surface area (Å²) in [5, 5.41) is 3.89. The molecular weight excluding hydrogens is 298 g/mol. The van der Waals surface area contributed by atoms with Crippen molar-refractivity contribution in [3.63, 3.8) is 0 Å². The summed E-state index contributed by atoms with van der Waals surface area (Å²) in [5.74, 6) is 0.0932. The molecule has 2 nitrogen and oxygen atoms in total. The minimum Gasteiger partial charge on any atom is -0.348 e.